The van der Waals surface area contributed by atoms with Crippen molar-refractivity contribution in [3.63, 3.8) is 0 Å². The Morgan fingerprint density at radius 2 is 1.97 bits per heavy atom. The number of carbonyl (C=O) groups is 1. The first kappa shape index (κ1) is 20.5. The van der Waals surface area contributed by atoms with Crippen molar-refractivity contribution in [2.24, 2.45) is 4.99 Å². The molecule has 0 atom stereocenters. The molecular formula is C22H23F2N3O2. The van der Waals surface area contributed by atoms with Gasteiger partial charge in [0.15, 0.2) is 0 Å². The van der Waals surface area contributed by atoms with Crippen LogP contribution in [0, 0.1) is 13.8 Å². The van der Waals surface area contributed by atoms with Crippen molar-refractivity contribution in [1.82, 2.24) is 9.47 Å². The van der Waals surface area contributed by atoms with Crippen molar-refractivity contribution in [2.45, 2.75) is 27.4 Å². The molecule has 0 aliphatic heterocycles. The maximum atomic E-state index is 13.1. The fraction of sp³-hybridized carbons (Fsp3) is 0.273. The zero-order chi connectivity index (χ0) is 21.1. The van der Waals surface area contributed by atoms with E-state index in [9.17, 15) is 13.6 Å². The average Bonchev–Trinajstić information content (AvgIpc) is 3.10. The molecule has 0 radical (unpaired) electrons. The van der Waals surface area contributed by atoms with E-state index in [-0.39, 0.29) is 11.7 Å². The molecule has 0 aliphatic rings. The smallest absolute Gasteiger partial charge is 0.387 e. The Morgan fingerprint density at radius 3 is 2.66 bits per heavy atom. The topological polar surface area (TPSA) is 46.8 Å². The SMILES string of the molecule is CCN(C)C=Nc1cc(C)c(C(=O)n2ccc3cc(OC(F)F)ccc32)cc1C. The lowest BCUT2D eigenvalue weighted by molar-refractivity contribution is -0.0497. The van der Waals surface area contributed by atoms with E-state index < -0.39 is 6.61 Å². The molecule has 29 heavy (non-hydrogen) atoms. The number of fused-ring (bicyclic) bond motifs is 1. The van der Waals surface area contributed by atoms with Crippen LogP contribution < -0.4 is 4.74 Å². The third-order valence-corrected chi connectivity index (χ3v) is 4.77. The van der Waals surface area contributed by atoms with Gasteiger partial charge >= 0.3 is 6.61 Å². The van der Waals surface area contributed by atoms with Gasteiger partial charge in [-0.15, -0.1) is 0 Å². The summed E-state index contributed by atoms with van der Waals surface area (Å²) in [5.74, 6) is -0.131. The summed E-state index contributed by atoms with van der Waals surface area (Å²) in [6, 6.07) is 9.95. The molecular weight excluding hydrogens is 376 g/mol. The first-order valence-corrected chi connectivity index (χ1v) is 9.26. The predicted octanol–water partition coefficient (Wildman–Crippen LogP) is 5.16. The maximum absolute atomic E-state index is 13.1. The zero-order valence-electron chi connectivity index (χ0n) is 16.8. The van der Waals surface area contributed by atoms with Crippen molar-refractivity contribution in [1.29, 1.82) is 0 Å². The number of hydrogen-bond acceptors (Lipinski definition) is 3. The second-order valence-electron chi connectivity index (χ2n) is 6.86. The number of aryl methyl sites for hydroxylation is 2. The Kier molecular flexibility index (Phi) is 5.96. The van der Waals surface area contributed by atoms with Crippen LogP contribution in [0.25, 0.3) is 10.9 Å². The van der Waals surface area contributed by atoms with E-state index >= 15 is 0 Å². The highest BCUT2D eigenvalue weighted by Gasteiger charge is 2.16. The summed E-state index contributed by atoms with van der Waals surface area (Å²) in [5, 5.41) is 0.648. The molecule has 1 aromatic heterocycles. The molecule has 3 rings (SSSR count). The minimum Gasteiger partial charge on any atom is -0.435 e. The standard InChI is InChI=1S/C22H23F2N3O2/c1-5-26(4)13-25-19-11-14(2)18(10-15(19)3)21(28)27-9-8-16-12-17(29-22(23)24)6-7-20(16)27/h6-13,22H,5H2,1-4H3. The Hall–Kier alpha value is -3.22. The van der Waals surface area contributed by atoms with Crippen molar-refractivity contribution < 1.29 is 18.3 Å². The third kappa shape index (κ3) is 4.45. The monoisotopic (exact) mass is 399 g/mol. The van der Waals surface area contributed by atoms with Crippen LogP contribution in [0.4, 0.5) is 14.5 Å². The fourth-order valence-electron chi connectivity index (χ4n) is 3.02. The molecule has 0 spiro atoms. The number of rotatable bonds is 6. The summed E-state index contributed by atoms with van der Waals surface area (Å²) in [7, 11) is 1.94. The molecule has 7 heteroatoms. The van der Waals surface area contributed by atoms with Crippen LogP contribution in [0.3, 0.4) is 0 Å². The van der Waals surface area contributed by atoms with E-state index in [1.54, 1.807) is 24.7 Å². The summed E-state index contributed by atoms with van der Waals surface area (Å²) in [6.07, 6.45) is 3.40. The summed E-state index contributed by atoms with van der Waals surface area (Å²) >= 11 is 0. The molecule has 0 amide bonds. The molecule has 0 aliphatic carbocycles. The number of ether oxygens (including phenoxy) is 1. The number of carbonyl (C=O) groups excluding carboxylic acids is 1. The molecule has 0 unspecified atom stereocenters. The molecule has 0 saturated heterocycles. The second-order valence-corrected chi connectivity index (χ2v) is 6.86. The van der Waals surface area contributed by atoms with Crippen molar-refractivity contribution in [3.8, 4) is 5.75 Å². The van der Waals surface area contributed by atoms with Gasteiger partial charge in [-0.1, -0.05) is 0 Å². The van der Waals surface area contributed by atoms with Gasteiger partial charge in [0.1, 0.15) is 5.75 Å². The van der Waals surface area contributed by atoms with Gasteiger partial charge in [-0.05, 0) is 68.3 Å². The maximum Gasteiger partial charge on any atom is 0.387 e. The van der Waals surface area contributed by atoms with Gasteiger partial charge < -0.3 is 9.64 Å². The van der Waals surface area contributed by atoms with Crippen molar-refractivity contribution in [2.75, 3.05) is 13.6 Å². The van der Waals surface area contributed by atoms with Crippen LogP contribution in [-0.2, 0) is 0 Å². The first-order chi connectivity index (χ1) is 13.8. The molecule has 3 aromatic rings. The van der Waals surface area contributed by atoms with Gasteiger partial charge in [-0.2, -0.15) is 8.78 Å². The lowest BCUT2D eigenvalue weighted by Gasteiger charge is -2.12. The van der Waals surface area contributed by atoms with E-state index in [0.29, 0.717) is 16.5 Å². The molecule has 2 aromatic carbocycles. The zero-order valence-corrected chi connectivity index (χ0v) is 16.8. The Morgan fingerprint density at radius 1 is 1.21 bits per heavy atom. The summed E-state index contributed by atoms with van der Waals surface area (Å²) < 4.78 is 30.8. The van der Waals surface area contributed by atoms with Gasteiger partial charge in [0.05, 0.1) is 17.5 Å². The Bertz CT molecular complexity index is 1070. The van der Waals surface area contributed by atoms with Crippen LogP contribution in [0.2, 0.25) is 0 Å². The van der Waals surface area contributed by atoms with Crippen LogP contribution in [-0.4, -0.2) is 41.9 Å². The average molecular weight is 399 g/mol. The van der Waals surface area contributed by atoms with Crippen LogP contribution in [0.5, 0.6) is 5.75 Å². The largest absolute Gasteiger partial charge is 0.435 e. The van der Waals surface area contributed by atoms with Crippen LogP contribution >= 0.6 is 0 Å². The number of hydrogen-bond donors (Lipinski definition) is 0. The molecule has 1 heterocycles. The van der Waals surface area contributed by atoms with Gasteiger partial charge in [0, 0.05) is 30.7 Å². The summed E-state index contributed by atoms with van der Waals surface area (Å²) in [5.41, 5.74) is 3.71. The van der Waals surface area contributed by atoms with E-state index in [1.807, 2.05) is 44.9 Å². The van der Waals surface area contributed by atoms with Gasteiger partial charge in [-0.25, -0.2) is 4.99 Å². The highest BCUT2D eigenvalue weighted by atomic mass is 19.3. The molecule has 0 bridgehead atoms. The minimum absolute atomic E-state index is 0.0592. The Labute approximate surface area is 168 Å². The summed E-state index contributed by atoms with van der Waals surface area (Å²) in [6.45, 7) is 3.78. The molecule has 5 nitrogen and oxygen atoms in total. The summed E-state index contributed by atoms with van der Waals surface area (Å²) in [4.78, 5) is 19.6. The number of aliphatic imine (C=N–C) groups is 1. The van der Waals surface area contributed by atoms with E-state index in [1.165, 1.54) is 16.7 Å². The van der Waals surface area contributed by atoms with Gasteiger partial charge in [0.2, 0.25) is 0 Å². The number of alkyl halides is 2. The fourth-order valence-corrected chi connectivity index (χ4v) is 3.02. The Balaban J connectivity index is 1.94. The molecule has 152 valence electrons. The predicted molar refractivity (Wildman–Crippen MR) is 111 cm³/mol. The highest BCUT2D eigenvalue weighted by molar-refractivity contribution is 6.03. The highest BCUT2D eigenvalue weighted by Crippen LogP contribution is 2.27. The van der Waals surface area contributed by atoms with Crippen molar-refractivity contribution >= 4 is 28.8 Å². The van der Waals surface area contributed by atoms with Crippen LogP contribution in [0.1, 0.15) is 28.4 Å². The quantitative estimate of drug-likeness (QED) is 0.425. The van der Waals surface area contributed by atoms with E-state index in [0.717, 1.165) is 23.4 Å². The molecule has 0 N–H and O–H groups in total. The van der Waals surface area contributed by atoms with E-state index in [4.69, 9.17) is 0 Å². The van der Waals surface area contributed by atoms with E-state index in [2.05, 4.69) is 9.73 Å². The van der Waals surface area contributed by atoms with Gasteiger partial charge in [-0.3, -0.25) is 9.36 Å². The molecule has 0 saturated carbocycles. The third-order valence-electron chi connectivity index (χ3n) is 4.77. The number of benzene rings is 2. The van der Waals surface area contributed by atoms with Crippen molar-refractivity contribution in [3.05, 3.63) is 59.3 Å². The number of nitrogens with zero attached hydrogens (tertiary/aromatic N) is 3. The second kappa shape index (κ2) is 8.43. The first-order valence-electron chi connectivity index (χ1n) is 9.26. The lowest BCUT2D eigenvalue weighted by Crippen LogP contribution is -2.14. The lowest BCUT2D eigenvalue weighted by atomic mass is 10.0. The number of halogens is 2. The molecule has 0 fully saturated rings. The van der Waals surface area contributed by atoms with Gasteiger partial charge in [0.25, 0.3) is 5.91 Å². The minimum atomic E-state index is -2.89. The normalized spacial score (nSPS) is 11.6. The number of aromatic nitrogens is 1. The van der Waals surface area contributed by atoms with Crippen LogP contribution in [0.15, 0.2) is 47.6 Å².